The van der Waals surface area contributed by atoms with E-state index < -0.39 is 5.79 Å². The largest absolute Gasteiger partial charge is 0.349 e. The number of hydrogen-bond donors (Lipinski definition) is 3. The molecule has 2 aliphatic rings. The molecular formula is C20H21FN4. The maximum absolute atomic E-state index is 13.3. The van der Waals surface area contributed by atoms with Gasteiger partial charge in [-0.15, -0.1) is 0 Å². The summed E-state index contributed by atoms with van der Waals surface area (Å²) < 4.78 is 13.3. The van der Waals surface area contributed by atoms with Crippen molar-refractivity contribution in [2.45, 2.75) is 24.5 Å². The Morgan fingerprint density at radius 1 is 1.08 bits per heavy atom. The van der Waals surface area contributed by atoms with Gasteiger partial charge in [-0.3, -0.25) is 10.7 Å². The summed E-state index contributed by atoms with van der Waals surface area (Å²) in [6, 6.07) is 16.6. The van der Waals surface area contributed by atoms with Crippen LogP contribution in [0.2, 0.25) is 0 Å². The molecule has 2 aromatic carbocycles. The third kappa shape index (κ3) is 2.70. The minimum atomic E-state index is -1.02. The fourth-order valence-corrected chi connectivity index (χ4v) is 3.76. The van der Waals surface area contributed by atoms with Gasteiger partial charge in [0.15, 0.2) is 5.79 Å². The topological polar surface area (TPSA) is 62.4 Å². The summed E-state index contributed by atoms with van der Waals surface area (Å²) in [4.78, 5) is 4.41. The van der Waals surface area contributed by atoms with Gasteiger partial charge in [0.2, 0.25) is 0 Å². The molecule has 0 bridgehead atoms. The van der Waals surface area contributed by atoms with E-state index in [-0.39, 0.29) is 11.7 Å². The Kier molecular flexibility index (Phi) is 3.81. The number of hydrogen-bond acceptors (Lipinski definition) is 3. The van der Waals surface area contributed by atoms with Crippen molar-refractivity contribution in [1.82, 2.24) is 10.6 Å². The second-order valence-corrected chi connectivity index (χ2v) is 6.53. The molecule has 2 aromatic rings. The Hall–Kier alpha value is -2.66. The lowest BCUT2D eigenvalue weighted by molar-refractivity contribution is 0.331. The molecule has 0 fully saturated rings. The van der Waals surface area contributed by atoms with Gasteiger partial charge >= 0.3 is 0 Å². The maximum atomic E-state index is 13.3. The molecule has 1 aliphatic heterocycles. The van der Waals surface area contributed by atoms with E-state index in [0.29, 0.717) is 0 Å². The Balaban J connectivity index is 1.76. The third-order valence-corrected chi connectivity index (χ3v) is 5.01. The zero-order valence-corrected chi connectivity index (χ0v) is 14.1. The molecule has 2 unspecified atom stereocenters. The molecule has 0 saturated carbocycles. The zero-order chi connectivity index (χ0) is 17.4. The SMILES string of the molecule is CN=C1NC(N)(c2ccc(F)cc2)NC2=C1CCC2c1ccccc1. The van der Waals surface area contributed by atoms with E-state index in [1.165, 1.54) is 23.3 Å². The summed E-state index contributed by atoms with van der Waals surface area (Å²) >= 11 is 0. The molecular weight excluding hydrogens is 315 g/mol. The normalized spacial score (nSPS) is 27.0. The smallest absolute Gasteiger partial charge is 0.190 e. The Morgan fingerprint density at radius 3 is 2.48 bits per heavy atom. The summed E-state index contributed by atoms with van der Waals surface area (Å²) in [5.41, 5.74) is 10.9. The second-order valence-electron chi connectivity index (χ2n) is 6.53. The fourth-order valence-electron chi connectivity index (χ4n) is 3.76. The number of benzene rings is 2. The maximum Gasteiger partial charge on any atom is 0.190 e. The standard InChI is InChI=1S/C20H21FN4/c1-23-19-17-12-11-16(13-5-3-2-4-6-13)18(17)24-20(22,25-19)14-7-9-15(21)10-8-14/h2-10,16,24H,11-12,22H2,1H3,(H,23,25). The summed E-state index contributed by atoms with van der Waals surface area (Å²) in [5, 5.41) is 6.78. The van der Waals surface area contributed by atoms with Crippen LogP contribution in [0, 0.1) is 5.82 Å². The number of allylic oxidation sites excluding steroid dienone is 1. The number of rotatable bonds is 2. The van der Waals surface area contributed by atoms with Gasteiger partial charge in [0.05, 0.1) is 0 Å². The highest BCUT2D eigenvalue weighted by atomic mass is 19.1. The van der Waals surface area contributed by atoms with Gasteiger partial charge in [-0.05, 0) is 30.5 Å². The number of amidine groups is 1. The van der Waals surface area contributed by atoms with Crippen LogP contribution in [-0.4, -0.2) is 12.9 Å². The van der Waals surface area contributed by atoms with E-state index in [1.54, 1.807) is 19.2 Å². The molecule has 2 atom stereocenters. The molecule has 1 heterocycles. The zero-order valence-electron chi connectivity index (χ0n) is 14.1. The number of halogens is 1. The third-order valence-electron chi connectivity index (χ3n) is 5.01. The van der Waals surface area contributed by atoms with Gasteiger partial charge in [-0.2, -0.15) is 0 Å². The molecule has 4 rings (SSSR count). The van der Waals surface area contributed by atoms with E-state index in [4.69, 9.17) is 5.73 Å². The fraction of sp³-hybridized carbons (Fsp3) is 0.250. The van der Waals surface area contributed by atoms with Crippen molar-refractivity contribution in [2.24, 2.45) is 10.7 Å². The van der Waals surface area contributed by atoms with Crippen molar-refractivity contribution in [1.29, 1.82) is 0 Å². The van der Waals surface area contributed by atoms with Crippen molar-refractivity contribution in [2.75, 3.05) is 7.05 Å². The van der Waals surface area contributed by atoms with Crippen LogP contribution in [0.15, 0.2) is 70.9 Å². The van der Waals surface area contributed by atoms with Crippen LogP contribution >= 0.6 is 0 Å². The lowest BCUT2D eigenvalue weighted by Gasteiger charge is -2.40. The predicted octanol–water partition coefficient (Wildman–Crippen LogP) is 2.95. The van der Waals surface area contributed by atoms with Crippen molar-refractivity contribution in [3.63, 3.8) is 0 Å². The van der Waals surface area contributed by atoms with Gasteiger partial charge in [0.25, 0.3) is 0 Å². The van der Waals surface area contributed by atoms with E-state index in [2.05, 4.69) is 39.9 Å². The molecule has 5 heteroatoms. The molecule has 0 spiro atoms. The molecule has 0 amide bonds. The van der Waals surface area contributed by atoms with E-state index in [1.807, 2.05) is 6.07 Å². The van der Waals surface area contributed by atoms with Crippen LogP contribution in [0.1, 0.15) is 29.9 Å². The van der Waals surface area contributed by atoms with Gasteiger partial charge in [-0.25, -0.2) is 4.39 Å². The van der Waals surface area contributed by atoms with E-state index in [0.717, 1.165) is 29.9 Å². The Labute approximate surface area is 146 Å². The monoisotopic (exact) mass is 336 g/mol. The van der Waals surface area contributed by atoms with Crippen molar-refractivity contribution in [3.8, 4) is 0 Å². The van der Waals surface area contributed by atoms with Gasteiger partial charge in [0.1, 0.15) is 11.7 Å². The Bertz CT molecular complexity index is 842. The minimum absolute atomic E-state index is 0.262. The first-order chi connectivity index (χ1) is 12.1. The van der Waals surface area contributed by atoms with Crippen molar-refractivity contribution >= 4 is 5.84 Å². The van der Waals surface area contributed by atoms with Crippen molar-refractivity contribution in [3.05, 3.63) is 82.8 Å². The van der Waals surface area contributed by atoms with Crippen LogP contribution in [-0.2, 0) is 5.79 Å². The first kappa shape index (κ1) is 15.8. The predicted molar refractivity (Wildman–Crippen MR) is 97.3 cm³/mol. The van der Waals surface area contributed by atoms with Crippen LogP contribution in [0.5, 0.6) is 0 Å². The lowest BCUT2D eigenvalue weighted by Crippen LogP contribution is -2.65. The molecule has 0 saturated heterocycles. The van der Waals surface area contributed by atoms with Gasteiger partial charge < -0.3 is 10.6 Å². The first-order valence-electron chi connectivity index (χ1n) is 8.47. The van der Waals surface area contributed by atoms with Crippen LogP contribution in [0.3, 0.4) is 0 Å². The minimum Gasteiger partial charge on any atom is -0.349 e. The van der Waals surface area contributed by atoms with E-state index in [9.17, 15) is 4.39 Å². The number of nitrogens with one attached hydrogen (secondary N) is 2. The van der Waals surface area contributed by atoms with Crippen LogP contribution in [0.4, 0.5) is 4.39 Å². The van der Waals surface area contributed by atoms with Gasteiger partial charge in [-0.1, -0.05) is 42.5 Å². The van der Waals surface area contributed by atoms with Crippen molar-refractivity contribution < 1.29 is 4.39 Å². The van der Waals surface area contributed by atoms with Crippen LogP contribution < -0.4 is 16.4 Å². The average molecular weight is 336 g/mol. The number of aliphatic imine (C=N–C) groups is 1. The summed E-state index contributed by atoms with van der Waals surface area (Å²) in [5.74, 6) is -0.230. The molecule has 0 radical (unpaired) electrons. The summed E-state index contributed by atoms with van der Waals surface area (Å²) in [7, 11) is 1.76. The molecule has 25 heavy (non-hydrogen) atoms. The quantitative estimate of drug-likeness (QED) is 0.790. The molecule has 1 aliphatic carbocycles. The average Bonchev–Trinajstić information content (AvgIpc) is 3.05. The van der Waals surface area contributed by atoms with Gasteiger partial charge in [0, 0.05) is 29.8 Å². The number of nitrogens with zero attached hydrogens (tertiary/aromatic N) is 1. The summed E-state index contributed by atoms with van der Waals surface area (Å²) in [6.45, 7) is 0. The lowest BCUT2D eigenvalue weighted by atomic mass is 9.94. The molecule has 0 aromatic heterocycles. The highest BCUT2D eigenvalue weighted by molar-refractivity contribution is 6.01. The highest BCUT2D eigenvalue weighted by Gasteiger charge is 2.41. The Morgan fingerprint density at radius 2 is 1.80 bits per heavy atom. The molecule has 128 valence electrons. The first-order valence-corrected chi connectivity index (χ1v) is 8.47. The number of nitrogens with two attached hydrogens (primary N) is 1. The summed E-state index contributed by atoms with van der Waals surface area (Å²) in [6.07, 6.45) is 1.96. The highest BCUT2D eigenvalue weighted by Crippen LogP contribution is 2.41. The molecule has 4 nitrogen and oxygen atoms in total. The van der Waals surface area contributed by atoms with E-state index >= 15 is 0 Å². The second kappa shape index (κ2) is 6.01. The van der Waals surface area contributed by atoms with Crippen LogP contribution in [0.25, 0.3) is 0 Å². The molecule has 4 N–H and O–H groups in total.